The van der Waals surface area contributed by atoms with Gasteiger partial charge in [-0.2, -0.15) is 0 Å². The molecule has 0 aliphatic rings. The van der Waals surface area contributed by atoms with E-state index in [1.807, 2.05) is 248 Å². The van der Waals surface area contributed by atoms with Crippen molar-refractivity contribution in [3.05, 3.63) is 558 Å². The van der Waals surface area contributed by atoms with Crippen molar-refractivity contribution in [2.24, 2.45) is 0 Å². The molecule has 0 saturated heterocycles. The van der Waals surface area contributed by atoms with Gasteiger partial charge in [0.2, 0.25) is 0 Å². The van der Waals surface area contributed by atoms with Crippen molar-refractivity contribution in [2.45, 2.75) is 0 Å². The molecule has 0 fully saturated rings. The van der Waals surface area contributed by atoms with Crippen molar-refractivity contribution in [1.82, 2.24) is 9.13 Å². The number of benzene rings is 22. The van der Waals surface area contributed by atoms with Crippen molar-refractivity contribution in [2.75, 3.05) is 9.80 Å². The molecule has 0 saturated carbocycles. The molecule has 0 atom stereocenters. The Morgan fingerprint density at radius 3 is 0.721 bits per heavy atom. The van der Waals surface area contributed by atoms with Crippen LogP contribution in [0.5, 0.6) is 0 Å². The highest BCUT2D eigenvalue weighted by Gasteiger charge is 2.22. The van der Waals surface area contributed by atoms with Crippen LogP contribution in [-0.2, 0) is 0 Å². The van der Waals surface area contributed by atoms with Crippen molar-refractivity contribution in [3.8, 4) is 145 Å². The summed E-state index contributed by atoms with van der Waals surface area (Å²) in [6.07, 6.45) is 0. The first-order chi connectivity index (χ1) is 76.2. The molecule has 0 amide bonds. The average molecular weight is 1760 g/mol. The van der Waals surface area contributed by atoms with Gasteiger partial charge in [0.15, 0.2) is 0 Å². The summed E-state index contributed by atoms with van der Waals surface area (Å²) < 4.78 is 199. The number of nitrogens with zero attached hydrogens (tertiary/aromatic N) is 4. The van der Waals surface area contributed by atoms with E-state index in [0.29, 0.717) is 22.5 Å². The molecule has 24 rings (SSSR count). The zero-order valence-electron chi connectivity index (χ0n) is 94.3. The molecule has 4 nitrogen and oxygen atoms in total. The van der Waals surface area contributed by atoms with E-state index < -0.39 is 136 Å². The molecule has 2 aromatic heterocycles. The number of fused-ring (bicyclic) bond motifs is 6. The summed E-state index contributed by atoms with van der Waals surface area (Å²) in [6, 6.07) is 129. The van der Waals surface area contributed by atoms with Gasteiger partial charge in [0, 0.05) is 67.0 Å². The maximum absolute atomic E-state index is 9.84. The van der Waals surface area contributed by atoms with Crippen LogP contribution >= 0.6 is 0 Å². The fraction of sp³-hybridized carbons (Fsp3) is 0. The number of para-hydroxylation sites is 2. The van der Waals surface area contributed by atoms with Crippen molar-refractivity contribution < 1.29 is 28.8 Å². The zero-order valence-corrected chi connectivity index (χ0v) is 73.3. The normalized spacial score (nSPS) is 13.4. The molecule has 22 aromatic carbocycles. The predicted molar refractivity (Wildman–Crippen MR) is 576 cm³/mol. The maximum Gasteiger partial charge on any atom is 0.0645 e. The van der Waals surface area contributed by atoms with Gasteiger partial charge >= 0.3 is 0 Å². The van der Waals surface area contributed by atoms with Crippen LogP contribution in [0.3, 0.4) is 0 Å². The molecule has 24 aromatic rings. The third-order valence-corrected chi connectivity index (χ3v) is 24.8. The third-order valence-electron chi connectivity index (χ3n) is 24.8. The minimum Gasteiger partial charge on any atom is -0.311 e. The Labute approximate surface area is 823 Å². The largest absolute Gasteiger partial charge is 0.311 e. The van der Waals surface area contributed by atoms with E-state index in [9.17, 15) is 19.2 Å². The topological polar surface area (TPSA) is 16.3 Å². The molecule has 640 valence electrons. The van der Waals surface area contributed by atoms with E-state index in [1.54, 1.807) is 30.3 Å². The Morgan fingerprint density at radius 2 is 0.368 bits per heavy atom. The Hall–Kier alpha value is -18.0. The van der Waals surface area contributed by atoms with Gasteiger partial charge in [-0.15, -0.1) is 0 Å². The summed E-state index contributed by atoms with van der Waals surface area (Å²) in [7, 11) is 0. The summed E-state index contributed by atoms with van der Waals surface area (Å²) >= 11 is 0. The molecule has 4 heteroatoms. The quantitative estimate of drug-likeness (QED) is 0.0756. The molecule has 0 bridgehead atoms. The maximum atomic E-state index is 9.84. The number of rotatable bonds is 20. The highest BCUT2D eigenvalue weighted by atomic mass is 15.1. The van der Waals surface area contributed by atoms with Gasteiger partial charge in [-0.3, -0.25) is 0 Å². The lowest BCUT2D eigenvalue weighted by atomic mass is 9.94. The minimum absolute atomic E-state index is 0.0401. The average Bonchev–Trinajstić information content (AvgIpc) is 0.946. The van der Waals surface area contributed by atoms with Crippen molar-refractivity contribution in [1.29, 1.82) is 0 Å². The Bertz CT molecular complexity index is 9640. The summed E-state index contributed by atoms with van der Waals surface area (Å²) in [6.45, 7) is 0. The van der Waals surface area contributed by atoms with Gasteiger partial charge in [0.05, 0.1) is 50.9 Å². The van der Waals surface area contributed by atoms with Gasteiger partial charge in [0.1, 0.15) is 0 Å². The van der Waals surface area contributed by atoms with E-state index in [4.69, 9.17) is 9.60 Å². The molecular weight excluding hydrogens is 1640 g/mol. The first-order valence-electron chi connectivity index (χ1n) is 55.5. The Kier molecular flexibility index (Phi) is 17.0. The van der Waals surface area contributed by atoms with Crippen LogP contribution in [0.4, 0.5) is 34.1 Å². The molecule has 0 N–H and O–H groups in total. The first-order valence-corrected chi connectivity index (χ1v) is 45.0. The third kappa shape index (κ3) is 16.6. The van der Waals surface area contributed by atoms with Gasteiger partial charge in [-0.25, -0.2) is 0 Å². The second kappa shape index (κ2) is 37.1. The van der Waals surface area contributed by atoms with Crippen molar-refractivity contribution >= 4 is 77.7 Å². The van der Waals surface area contributed by atoms with E-state index in [1.165, 1.54) is 0 Å². The lowest BCUT2D eigenvalue weighted by Crippen LogP contribution is -2.09. The second-order valence-corrected chi connectivity index (χ2v) is 33.0. The number of hydrogen-bond acceptors (Lipinski definition) is 2. The van der Waals surface area contributed by atoms with Crippen LogP contribution in [0, 0.1) is 0 Å². The first kappa shape index (κ1) is 62.3. The summed E-state index contributed by atoms with van der Waals surface area (Å²) in [5.41, 5.74) is 21.5. The summed E-state index contributed by atoms with van der Waals surface area (Å²) in [5.74, 6) is 0. The van der Waals surface area contributed by atoms with E-state index >= 15 is 0 Å². The van der Waals surface area contributed by atoms with Crippen LogP contribution in [0.15, 0.2) is 558 Å². The fourth-order valence-corrected chi connectivity index (χ4v) is 18.2. The smallest absolute Gasteiger partial charge is 0.0645 e. The highest BCUT2D eigenvalue weighted by molar-refractivity contribution is 6.12. The zero-order chi connectivity index (χ0) is 109. The Balaban J connectivity index is 0.000000172. The molecule has 0 unspecified atom stereocenters. The van der Waals surface area contributed by atoms with Crippen LogP contribution in [0.2, 0.25) is 0 Å². The van der Waals surface area contributed by atoms with E-state index in [2.05, 4.69) is 167 Å². The highest BCUT2D eigenvalue weighted by Crippen LogP contribution is 2.46. The molecule has 0 aliphatic carbocycles. The molecule has 2 heterocycles. The van der Waals surface area contributed by atoms with Crippen LogP contribution in [0.1, 0.15) is 28.8 Å². The van der Waals surface area contributed by atoms with Crippen LogP contribution in [0.25, 0.3) is 189 Å². The van der Waals surface area contributed by atoms with Crippen LogP contribution in [-0.4, -0.2) is 9.13 Å². The van der Waals surface area contributed by atoms with Crippen molar-refractivity contribution in [3.63, 3.8) is 0 Å². The molecule has 0 radical (unpaired) electrons. The lowest BCUT2D eigenvalue weighted by molar-refractivity contribution is 1.18. The number of hydrogen-bond donors (Lipinski definition) is 0. The standard InChI is InChI=1S/2C66H46N2/c2*1-4-15-47(16-5-1)49-27-29-50(30-28-49)51-31-38-57(39-32-51)67(59-42-35-54(36-43-59)62-24-11-10-23-61(62)53-19-8-3-9-20-53)58-40-33-52(34-41-58)56-37-44-66-64(46-56)63-25-12-13-26-65(63)68(66)60-22-14-21-55(45-60)48-17-6-2-7-18-48/h2*1-46H/i1D,4D,5D,15D,16D,27D,28D,29D,30D,31D,32D,33D,34D,38D,39D,40D,41D;33D,34D,40D,41D. The molecule has 136 heavy (non-hydrogen) atoms. The van der Waals surface area contributed by atoms with E-state index in [-0.39, 0.29) is 46.7 Å². The second-order valence-electron chi connectivity index (χ2n) is 33.0. The Morgan fingerprint density at radius 1 is 0.140 bits per heavy atom. The SMILES string of the molecule is [2H]c1c([2H])c(N(c2ccc(-c3ccc(-c4ccccc4)cc3)cc2)c2ccc(-c3ccccc3-c3ccccc3)cc2)c([2H])c([2H])c1-c1ccc2c(c1)c1ccccc1n2-c1cccc(-c2ccccc2)c1.[2H]c1c([2H])c([2H])c(-c2c([2H])c([2H])c(-c3c([2H])c([2H])c(N(c4ccc(-c5ccccc5-c5ccccc5)cc4)c4c([2H])c([2H])c(-c5ccc6c(c5)c5ccccc5n6-c5cccc(-c6ccccc6)c5)c([2H])c4[2H])c([2H])c3[2H])c([2H])c2[2H])c([2H])c1[2H]. The van der Waals surface area contributed by atoms with Gasteiger partial charge in [-0.05, 0) is 267 Å². The lowest BCUT2D eigenvalue weighted by Gasteiger charge is -2.26. The van der Waals surface area contributed by atoms with Gasteiger partial charge in [-0.1, -0.05) is 424 Å². The summed E-state index contributed by atoms with van der Waals surface area (Å²) in [5, 5.41) is 3.65. The minimum atomic E-state index is -0.880. The monoisotopic (exact) mass is 1750 g/mol. The molecule has 0 spiro atoms. The van der Waals surface area contributed by atoms with E-state index in [0.717, 1.165) is 149 Å². The molecule has 0 aliphatic heterocycles. The van der Waals surface area contributed by atoms with Crippen LogP contribution < -0.4 is 9.80 Å². The fourth-order valence-electron chi connectivity index (χ4n) is 18.2. The number of aromatic nitrogens is 2. The number of anilines is 6. The van der Waals surface area contributed by atoms with Gasteiger partial charge in [0.25, 0.3) is 0 Å². The summed E-state index contributed by atoms with van der Waals surface area (Å²) in [4.78, 5) is 3.00. The molecular formula is C132H92N4. The predicted octanol–water partition coefficient (Wildman–Crippen LogP) is 36.5. The van der Waals surface area contributed by atoms with Gasteiger partial charge < -0.3 is 18.9 Å².